The van der Waals surface area contributed by atoms with Crippen molar-refractivity contribution in [2.24, 2.45) is 0 Å². The summed E-state index contributed by atoms with van der Waals surface area (Å²) in [5.74, 6) is 0.190. The molecule has 4 heteroatoms. The number of fused-ring (bicyclic) bond motifs is 1. The minimum Gasteiger partial charge on any atom is -0.493 e. The van der Waals surface area contributed by atoms with Crippen molar-refractivity contribution in [3.63, 3.8) is 0 Å². The van der Waals surface area contributed by atoms with Crippen molar-refractivity contribution in [2.45, 2.75) is 13.3 Å². The Morgan fingerprint density at radius 2 is 1.90 bits per heavy atom. The van der Waals surface area contributed by atoms with Gasteiger partial charge in [0.15, 0.2) is 0 Å². The van der Waals surface area contributed by atoms with Gasteiger partial charge < -0.3 is 10.1 Å². The lowest BCUT2D eigenvalue weighted by atomic mass is 10.1. The molecular weight excluding hydrogens is 252 g/mol. The van der Waals surface area contributed by atoms with Gasteiger partial charge in [0, 0.05) is 5.56 Å². The monoisotopic (exact) mass is 266 g/mol. The molecule has 0 saturated heterocycles. The highest BCUT2D eigenvalue weighted by atomic mass is 16.3. The van der Waals surface area contributed by atoms with Crippen molar-refractivity contribution in [2.75, 3.05) is 0 Å². The number of aromatic amines is 1. The van der Waals surface area contributed by atoms with Gasteiger partial charge in [0.2, 0.25) is 5.88 Å². The summed E-state index contributed by atoms with van der Waals surface area (Å²) in [6.45, 7) is 1.81. The molecule has 0 atom stereocenters. The Hall–Kier alpha value is -2.62. The minimum absolute atomic E-state index is 0.195. The van der Waals surface area contributed by atoms with Gasteiger partial charge in [-0.05, 0) is 23.3 Å². The maximum atomic E-state index is 11.9. The standard InChI is InChI=1S/C16H14N2O2/c1-2-13-15(19)17-14(18-16(13)20)12-8-7-10-5-3-4-6-11(10)9-12/h3-9H,2H2,1H3,(H2,17,18,19,20). The predicted molar refractivity (Wildman–Crippen MR) is 78.8 cm³/mol. The summed E-state index contributed by atoms with van der Waals surface area (Å²) in [6.07, 6.45) is 0.451. The van der Waals surface area contributed by atoms with Crippen LogP contribution in [0.3, 0.4) is 0 Å². The SMILES string of the molecule is CCc1c(O)nc(-c2ccc3ccccc3c2)[nH]c1=O. The molecule has 0 aliphatic carbocycles. The van der Waals surface area contributed by atoms with Crippen molar-refractivity contribution in [3.05, 3.63) is 58.4 Å². The van der Waals surface area contributed by atoms with E-state index in [0.717, 1.165) is 16.3 Å². The highest BCUT2D eigenvalue weighted by Crippen LogP contribution is 2.23. The predicted octanol–water partition coefficient (Wildman–Crippen LogP) is 2.86. The number of aromatic nitrogens is 2. The Labute approximate surface area is 115 Å². The Bertz CT molecular complexity index is 837. The summed E-state index contributed by atoms with van der Waals surface area (Å²) >= 11 is 0. The van der Waals surface area contributed by atoms with E-state index in [1.807, 2.05) is 49.4 Å². The number of H-pyrrole nitrogens is 1. The third-order valence-corrected chi connectivity index (χ3v) is 3.37. The van der Waals surface area contributed by atoms with Gasteiger partial charge in [-0.2, -0.15) is 4.98 Å². The lowest BCUT2D eigenvalue weighted by molar-refractivity contribution is 0.444. The van der Waals surface area contributed by atoms with Crippen LogP contribution in [0.15, 0.2) is 47.3 Å². The fraction of sp³-hybridized carbons (Fsp3) is 0.125. The maximum Gasteiger partial charge on any atom is 0.258 e. The van der Waals surface area contributed by atoms with E-state index in [2.05, 4.69) is 9.97 Å². The summed E-state index contributed by atoms with van der Waals surface area (Å²) in [4.78, 5) is 18.7. The summed E-state index contributed by atoms with van der Waals surface area (Å²) < 4.78 is 0. The van der Waals surface area contributed by atoms with Crippen molar-refractivity contribution in [1.29, 1.82) is 0 Å². The molecule has 4 nitrogen and oxygen atoms in total. The second-order valence-corrected chi connectivity index (χ2v) is 4.63. The van der Waals surface area contributed by atoms with Gasteiger partial charge in [0.25, 0.3) is 5.56 Å². The number of rotatable bonds is 2. The van der Waals surface area contributed by atoms with Crippen LogP contribution in [0, 0.1) is 0 Å². The highest BCUT2D eigenvalue weighted by molar-refractivity contribution is 5.86. The third-order valence-electron chi connectivity index (χ3n) is 3.37. The topological polar surface area (TPSA) is 66.0 Å². The van der Waals surface area contributed by atoms with Crippen LogP contribution in [-0.4, -0.2) is 15.1 Å². The van der Waals surface area contributed by atoms with Gasteiger partial charge in [0.05, 0.1) is 5.56 Å². The lowest BCUT2D eigenvalue weighted by Gasteiger charge is -2.06. The van der Waals surface area contributed by atoms with E-state index in [-0.39, 0.29) is 11.4 Å². The van der Waals surface area contributed by atoms with Crippen LogP contribution < -0.4 is 5.56 Å². The molecule has 3 aromatic rings. The molecule has 2 aromatic carbocycles. The van der Waals surface area contributed by atoms with Gasteiger partial charge in [-0.1, -0.05) is 43.3 Å². The van der Waals surface area contributed by atoms with Crippen LogP contribution in [0.1, 0.15) is 12.5 Å². The molecule has 1 aromatic heterocycles. The van der Waals surface area contributed by atoms with Crippen LogP contribution in [0.5, 0.6) is 5.88 Å². The van der Waals surface area contributed by atoms with Crippen molar-refractivity contribution < 1.29 is 5.11 Å². The molecule has 0 amide bonds. The average molecular weight is 266 g/mol. The molecule has 0 aliphatic rings. The molecule has 0 saturated carbocycles. The first-order valence-electron chi connectivity index (χ1n) is 6.50. The van der Waals surface area contributed by atoms with E-state index in [0.29, 0.717) is 17.8 Å². The molecule has 20 heavy (non-hydrogen) atoms. The first kappa shape index (κ1) is 12.4. The molecule has 1 heterocycles. The largest absolute Gasteiger partial charge is 0.493 e. The third kappa shape index (κ3) is 2.05. The van der Waals surface area contributed by atoms with Gasteiger partial charge in [-0.15, -0.1) is 0 Å². The van der Waals surface area contributed by atoms with Crippen LogP contribution >= 0.6 is 0 Å². The zero-order chi connectivity index (χ0) is 14.1. The Balaban J connectivity index is 2.18. The maximum absolute atomic E-state index is 11.9. The van der Waals surface area contributed by atoms with Crippen molar-refractivity contribution in [1.82, 2.24) is 9.97 Å². The van der Waals surface area contributed by atoms with E-state index in [4.69, 9.17) is 0 Å². The van der Waals surface area contributed by atoms with E-state index in [9.17, 15) is 9.90 Å². The van der Waals surface area contributed by atoms with E-state index < -0.39 is 0 Å². The Morgan fingerprint density at radius 1 is 1.15 bits per heavy atom. The van der Waals surface area contributed by atoms with E-state index >= 15 is 0 Å². The van der Waals surface area contributed by atoms with Gasteiger partial charge >= 0.3 is 0 Å². The van der Waals surface area contributed by atoms with Crippen molar-refractivity contribution in [3.8, 4) is 17.3 Å². The first-order chi connectivity index (χ1) is 9.69. The number of benzene rings is 2. The first-order valence-corrected chi connectivity index (χ1v) is 6.50. The van der Waals surface area contributed by atoms with Gasteiger partial charge in [0.1, 0.15) is 5.82 Å². The zero-order valence-corrected chi connectivity index (χ0v) is 11.1. The molecule has 0 unspecified atom stereocenters. The second-order valence-electron chi connectivity index (χ2n) is 4.63. The van der Waals surface area contributed by atoms with Crippen LogP contribution in [0.4, 0.5) is 0 Å². The lowest BCUT2D eigenvalue weighted by Crippen LogP contribution is -2.14. The molecule has 100 valence electrons. The fourth-order valence-corrected chi connectivity index (χ4v) is 2.28. The number of nitrogens with one attached hydrogen (secondary N) is 1. The van der Waals surface area contributed by atoms with Crippen LogP contribution in [0.2, 0.25) is 0 Å². The molecule has 0 radical (unpaired) electrons. The van der Waals surface area contributed by atoms with Gasteiger partial charge in [-0.3, -0.25) is 4.79 Å². The molecular formula is C16H14N2O2. The second kappa shape index (κ2) is 4.81. The summed E-state index contributed by atoms with van der Waals surface area (Å²) in [5, 5.41) is 12.0. The smallest absolute Gasteiger partial charge is 0.258 e. The van der Waals surface area contributed by atoms with Crippen molar-refractivity contribution >= 4 is 10.8 Å². The van der Waals surface area contributed by atoms with E-state index in [1.54, 1.807) is 0 Å². The molecule has 0 aliphatic heterocycles. The molecule has 0 bridgehead atoms. The molecule has 2 N–H and O–H groups in total. The summed E-state index contributed by atoms with van der Waals surface area (Å²) in [5.41, 5.74) is 0.802. The van der Waals surface area contributed by atoms with Gasteiger partial charge in [-0.25, -0.2) is 0 Å². The Morgan fingerprint density at radius 3 is 2.60 bits per heavy atom. The number of aromatic hydroxyl groups is 1. The van der Waals surface area contributed by atoms with Crippen LogP contribution in [-0.2, 0) is 6.42 Å². The van der Waals surface area contributed by atoms with E-state index in [1.165, 1.54) is 0 Å². The molecule has 0 spiro atoms. The summed E-state index contributed by atoms with van der Waals surface area (Å²) in [7, 11) is 0. The Kier molecular flexibility index (Phi) is 2.99. The minimum atomic E-state index is -0.289. The molecule has 0 fully saturated rings. The quantitative estimate of drug-likeness (QED) is 0.749. The molecule has 3 rings (SSSR count). The average Bonchev–Trinajstić information content (AvgIpc) is 2.46. The number of hydrogen-bond donors (Lipinski definition) is 2. The number of nitrogens with zero attached hydrogens (tertiary/aromatic N) is 1. The fourth-order valence-electron chi connectivity index (χ4n) is 2.28. The zero-order valence-electron chi connectivity index (χ0n) is 11.1. The number of hydrogen-bond acceptors (Lipinski definition) is 3. The highest BCUT2D eigenvalue weighted by Gasteiger charge is 2.10. The normalized spacial score (nSPS) is 10.8. The summed E-state index contributed by atoms with van der Waals surface area (Å²) in [6, 6.07) is 13.7. The van der Waals surface area contributed by atoms with Crippen LogP contribution in [0.25, 0.3) is 22.2 Å².